The number of nitrogens with one attached hydrogen (secondary N) is 2. The van der Waals surface area contributed by atoms with Gasteiger partial charge in [0.1, 0.15) is 23.3 Å². The Hall–Kier alpha value is -4.10. The van der Waals surface area contributed by atoms with Crippen LogP contribution in [0.15, 0.2) is 30.4 Å². The zero-order valence-electron chi connectivity index (χ0n) is 25.4. The van der Waals surface area contributed by atoms with Gasteiger partial charge in [0.25, 0.3) is 21.9 Å². The fourth-order valence-corrected chi connectivity index (χ4v) is 5.41. The SMILES string of the molecule is O=C(CCCCCN1C(=O)C=CC1=O)NC(CS(=O)(=O)O)C(=O)NCCCOc1cc(OC2CC(O)CC(C(=O)O)O2)ccc1CO. The maximum Gasteiger partial charge on any atom is 0.333 e. The summed E-state index contributed by atoms with van der Waals surface area (Å²) in [5, 5.41) is 33.6. The number of benzene rings is 1. The Morgan fingerprint density at radius 1 is 1.06 bits per heavy atom. The lowest BCUT2D eigenvalue weighted by molar-refractivity contribution is -0.195. The number of ether oxygens (including phenoxy) is 3. The minimum absolute atomic E-state index is 0.00545. The van der Waals surface area contributed by atoms with Crippen molar-refractivity contribution in [3.63, 3.8) is 0 Å². The Balaban J connectivity index is 1.43. The molecule has 2 aliphatic rings. The van der Waals surface area contributed by atoms with Gasteiger partial charge in [0.15, 0.2) is 6.10 Å². The highest BCUT2D eigenvalue weighted by Gasteiger charge is 2.34. The molecule has 0 saturated carbocycles. The topological polar surface area (TPSA) is 255 Å². The van der Waals surface area contributed by atoms with Gasteiger partial charge in [-0.3, -0.25) is 28.6 Å². The number of carbonyl (C=O) groups is 5. The molecule has 4 amide bonds. The summed E-state index contributed by atoms with van der Waals surface area (Å²) in [5.74, 6) is -4.10. The molecule has 0 spiro atoms. The second-order valence-electron chi connectivity index (χ2n) is 10.9. The third kappa shape index (κ3) is 12.6. The number of aliphatic hydroxyl groups excluding tert-OH is 2. The van der Waals surface area contributed by atoms with E-state index in [0.29, 0.717) is 24.8 Å². The first-order valence-corrected chi connectivity index (χ1v) is 16.5. The van der Waals surface area contributed by atoms with E-state index < -0.39 is 70.0 Å². The summed E-state index contributed by atoms with van der Waals surface area (Å²) in [6.07, 6.45) is 0.555. The van der Waals surface area contributed by atoms with E-state index in [1.807, 2.05) is 0 Å². The van der Waals surface area contributed by atoms with E-state index >= 15 is 0 Å². The summed E-state index contributed by atoms with van der Waals surface area (Å²) in [5.41, 5.74) is 0.403. The van der Waals surface area contributed by atoms with Crippen molar-refractivity contribution in [2.45, 2.75) is 76.1 Å². The molecule has 1 fully saturated rings. The van der Waals surface area contributed by atoms with Crippen molar-refractivity contribution in [1.82, 2.24) is 15.5 Å². The molecule has 2 heterocycles. The van der Waals surface area contributed by atoms with E-state index in [2.05, 4.69) is 10.6 Å². The van der Waals surface area contributed by atoms with E-state index in [1.165, 1.54) is 30.4 Å². The molecule has 6 N–H and O–H groups in total. The number of hydrogen-bond acceptors (Lipinski definition) is 12. The number of aliphatic hydroxyl groups is 2. The van der Waals surface area contributed by atoms with E-state index in [0.717, 1.165) is 4.90 Å². The fraction of sp³-hybridized carbons (Fsp3) is 0.552. The average Bonchev–Trinajstić information content (AvgIpc) is 3.31. The highest BCUT2D eigenvalue weighted by Crippen LogP contribution is 2.29. The largest absolute Gasteiger partial charge is 0.493 e. The van der Waals surface area contributed by atoms with Gasteiger partial charge in [-0.1, -0.05) is 6.42 Å². The number of amides is 4. The summed E-state index contributed by atoms with van der Waals surface area (Å²) < 4.78 is 49.0. The molecule has 2 aliphatic heterocycles. The number of hydrogen-bond donors (Lipinski definition) is 6. The van der Waals surface area contributed by atoms with Crippen LogP contribution in [-0.4, -0.2) is 113 Å². The van der Waals surface area contributed by atoms with Gasteiger partial charge in [-0.05, 0) is 31.4 Å². The molecule has 0 bridgehead atoms. The molecule has 0 aromatic heterocycles. The van der Waals surface area contributed by atoms with Crippen LogP contribution in [0.5, 0.6) is 11.5 Å². The molecule has 1 saturated heterocycles. The normalized spacial score (nSPS) is 20.1. The quantitative estimate of drug-likeness (QED) is 0.0595. The molecule has 4 unspecified atom stereocenters. The van der Waals surface area contributed by atoms with Gasteiger partial charge in [-0.2, -0.15) is 8.42 Å². The number of rotatable bonds is 19. The van der Waals surface area contributed by atoms with Gasteiger partial charge in [0.05, 0.1) is 19.3 Å². The van der Waals surface area contributed by atoms with Crippen LogP contribution in [0.2, 0.25) is 0 Å². The summed E-state index contributed by atoms with van der Waals surface area (Å²) in [4.78, 5) is 60.5. The zero-order valence-corrected chi connectivity index (χ0v) is 26.2. The molecule has 17 nitrogen and oxygen atoms in total. The van der Waals surface area contributed by atoms with Gasteiger partial charge < -0.3 is 40.2 Å². The molecule has 47 heavy (non-hydrogen) atoms. The summed E-state index contributed by atoms with van der Waals surface area (Å²) in [6.45, 7) is -0.164. The number of nitrogens with zero attached hydrogens (tertiary/aromatic N) is 1. The van der Waals surface area contributed by atoms with Crippen molar-refractivity contribution in [3.05, 3.63) is 35.9 Å². The van der Waals surface area contributed by atoms with E-state index in [1.54, 1.807) is 0 Å². The van der Waals surface area contributed by atoms with Crippen LogP contribution in [0, 0.1) is 0 Å². The first-order valence-electron chi connectivity index (χ1n) is 14.9. The maximum atomic E-state index is 12.7. The van der Waals surface area contributed by atoms with Crippen molar-refractivity contribution in [2.24, 2.45) is 0 Å². The van der Waals surface area contributed by atoms with Gasteiger partial charge in [-0.25, -0.2) is 4.79 Å². The van der Waals surface area contributed by atoms with Crippen molar-refractivity contribution >= 4 is 39.7 Å². The lowest BCUT2D eigenvalue weighted by Crippen LogP contribution is -2.50. The fourth-order valence-electron chi connectivity index (χ4n) is 4.75. The zero-order chi connectivity index (χ0) is 34.6. The second kappa shape index (κ2) is 17.7. The highest BCUT2D eigenvalue weighted by atomic mass is 32.2. The maximum absolute atomic E-state index is 12.7. The molecule has 18 heteroatoms. The minimum atomic E-state index is -4.63. The lowest BCUT2D eigenvalue weighted by atomic mass is 10.1. The highest BCUT2D eigenvalue weighted by molar-refractivity contribution is 7.85. The Morgan fingerprint density at radius 3 is 2.45 bits per heavy atom. The number of carboxylic acids is 1. The van der Waals surface area contributed by atoms with Gasteiger partial charge in [0.2, 0.25) is 18.1 Å². The molecule has 3 rings (SSSR count). The summed E-state index contributed by atoms with van der Waals surface area (Å²) >= 11 is 0. The van der Waals surface area contributed by atoms with Gasteiger partial charge >= 0.3 is 5.97 Å². The van der Waals surface area contributed by atoms with Crippen LogP contribution >= 0.6 is 0 Å². The van der Waals surface area contributed by atoms with Crippen LogP contribution < -0.4 is 20.1 Å². The Morgan fingerprint density at radius 2 is 1.79 bits per heavy atom. The average molecular weight is 686 g/mol. The Labute approximate surface area is 270 Å². The van der Waals surface area contributed by atoms with Crippen LogP contribution in [0.25, 0.3) is 0 Å². The number of imide groups is 1. The molecular weight excluding hydrogens is 646 g/mol. The van der Waals surface area contributed by atoms with Gasteiger partial charge in [-0.15, -0.1) is 0 Å². The monoisotopic (exact) mass is 685 g/mol. The number of carbonyl (C=O) groups excluding carboxylic acids is 4. The summed E-state index contributed by atoms with van der Waals surface area (Å²) in [6, 6.07) is 2.92. The van der Waals surface area contributed by atoms with Crippen LogP contribution in [0.3, 0.4) is 0 Å². The van der Waals surface area contributed by atoms with Crippen molar-refractivity contribution in [1.29, 1.82) is 0 Å². The number of unbranched alkanes of at least 4 members (excludes halogenated alkanes) is 2. The standard InChI is InChI=1S/C29H39N3O14S/c33-16-18-6-7-20(45-27-14-19(34)13-23(46-27)29(39)40)15-22(18)44-12-4-10-30-28(38)21(17-47(41,42)43)31-24(35)5-2-1-3-11-32-25(36)8-9-26(32)37/h6-9,15,19,21,23,27,33-34H,1-5,10-14,16-17H2,(H,30,38)(H,31,35)(H,39,40)(H,41,42,43). The molecule has 0 aliphatic carbocycles. The van der Waals surface area contributed by atoms with E-state index in [4.69, 9.17) is 14.2 Å². The van der Waals surface area contributed by atoms with E-state index in [-0.39, 0.29) is 63.5 Å². The molecule has 1 aromatic rings. The summed E-state index contributed by atoms with van der Waals surface area (Å²) in [7, 11) is -4.63. The molecular formula is C29H39N3O14S. The van der Waals surface area contributed by atoms with Crippen molar-refractivity contribution in [2.75, 3.05) is 25.4 Å². The molecule has 260 valence electrons. The molecule has 4 atom stereocenters. The third-order valence-corrected chi connectivity index (χ3v) is 7.87. The van der Waals surface area contributed by atoms with Gasteiger partial charge in [0, 0.05) is 56.1 Å². The number of carboxylic acid groups (broad SMARTS) is 1. The minimum Gasteiger partial charge on any atom is -0.493 e. The van der Waals surface area contributed by atoms with Crippen molar-refractivity contribution < 1.29 is 66.5 Å². The predicted octanol–water partition coefficient (Wildman–Crippen LogP) is -0.749. The molecule has 0 radical (unpaired) electrons. The predicted molar refractivity (Wildman–Crippen MR) is 160 cm³/mol. The smallest absolute Gasteiger partial charge is 0.333 e. The first-order chi connectivity index (χ1) is 22.3. The van der Waals surface area contributed by atoms with Crippen molar-refractivity contribution in [3.8, 4) is 11.5 Å². The second-order valence-corrected chi connectivity index (χ2v) is 12.4. The first kappa shape index (κ1) is 37.4. The van der Waals surface area contributed by atoms with Crippen LogP contribution in [0.4, 0.5) is 0 Å². The molecule has 1 aromatic carbocycles. The third-order valence-electron chi connectivity index (χ3n) is 7.11. The number of aliphatic carboxylic acids is 1. The van der Waals surface area contributed by atoms with Crippen LogP contribution in [-0.2, 0) is 45.4 Å². The Kier molecular flexibility index (Phi) is 14.1. The Bertz CT molecular complexity index is 1410. The van der Waals surface area contributed by atoms with Crippen LogP contribution in [0.1, 0.15) is 50.5 Å². The lowest BCUT2D eigenvalue weighted by Gasteiger charge is -2.31. The van der Waals surface area contributed by atoms with E-state index in [9.17, 15) is 52.3 Å².